The number of nitrogens with one attached hydrogen (secondary N) is 1. The van der Waals surface area contributed by atoms with E-state index in [0.717, 1.165) is 47.0 Å². The van der Waals surface area contributed by atoms with E-state index in [2.05, 4.69) is 23.5 Å². The highest BCUT2D eigenvalue weighted by Crippen LogP contribution is 2.44. The molecule has 2 aromatic carbocycles. The highest BCUT2D eigenvalue weighted by molar-refractivity contribution is 6.05. The number of allylic oxidation sites excluding steroid dienone is 3. The van der Waals surface area contributed by atoms with E-state index in [-0.39, 0.29) is 12.4 Å². The molecule has 1 atom stereocenters. The maximum atomic E-state index is 13.2. The van der Waals surface area contributed by atoms with E-state index < -0.39 is 11.9 Å². The molecule has 0 saturated carbocycles. The van der Waals surface area contributed by atoms with Crippen LogP contribution in [-0.4, -0.2) is 31.6 Å². The van der Waals surface area contributed by atoms with Crippen molar-refractivity contribution in [1.82, 2.24) is 5.32 Å². The van der Waals surface area contributed by atoms with Gasteiger partial charge in [0.1, 0.15) is 6.61 Å². The van der Waals surface area contributed by atoms with Gasteiger partial charge < -0.3 is 14.8 Å². The Balaban J connectivity index is 1.76. The average Bonchev–Trinajstić information content (AvgIpc) is 2.77. The van der Waals surface area contributed by atoms with Crippen LogP contribution in [0.1, 0.15) is 51.0 Å². The number of carbonyl (C=O) groups is 2. The number of fused-ring (bicyclic) bond motifs is 1. The predicted octanol–water partition coefficient (Wildman–Crippen LogP) is 4.78. The van der Waals surface area contributed by atoms with Crippen LogP contribution in [0.15, 0.2) is 65.0 Å². The van der Waals surface area contributed by atoms with Crippen molar-refractivity contribution in [3.63, 3.8) is 0 Å². The number of ether oxygens (including phenoxy) is 2. The number of rotatable bonds is 7. The minimum atomic E-state index is -0.431. The number of carbonyl (C=O) groups excluding carboxylic acids is 2. The van der Waals surface area contributed by atoms with Gasteiger partial charge in [-0.15, -0.1) is 0 Å². The Labute approximate surface area is 183 Å². The fourth-order valence-corrected chi connectivity index (χ4v) is 4.58. The van der Waals surface area contributed by atoms with E-state index in [0.29, 0.717) is 30.8 Å². The van der Waals surface area contributed by atoms with E-state index in [9.17, 15) is 9.59 Å². The number of esters is 1. The molecule has 5 nitrogen and oxygen atoms in total. The lowest BCUT2D eigenvalue weighted by atomic mass is 9.74. The van der Waals surface area contributed by atoms with Gasteiger partial charge in [-0.25, -0.2) is 4.79 Å². The van der Waals surface area contributed by atoms with Gasteiger partial charge in [0.25, 0.3) is 0 Å². The van der Waals surface area contributed by atoms with Crippen LogP contribution < -0.4 is 5.32 Å². The zero-order valence-corrected chi connectivity index (χ0v) is 18.2. The van der Waals surface area contributed by atoms with Gasteiger partial charge in [-0.3, -0.25) is 4.79 Å². The number of hydrogen-bond acceptors (Lipinski definition) is 5. The summed E-state index contributed by atoms with van der Waals surface area (Å²) in [6.07, 6.45) is 3.07. The van der Waals surface area contributed by atoms with Crippen LogP contribution in [0.5, 0.6) is 0 Å². The monoisotopic (exact) mass is 419 g/mol. The molecule has 0 aromatic heterocycles. The molecule has 1 aliphatic heterocycles. The first-order chi connectivity index (χ1) is 15.1. The molecule has 2 aliphatic rings. The molecule has 1 N–H and O–H groups in total. The lowest BCUT2D eigenvalue weighted by Gasteiger charge is -2.34. The third-order valence-corrected chi connectivity index (χ3v) is 5.94. The highest BCUT2D eigenvalue weighted by Gasteiger charge is 2.39. The fourth-order valence-electron chi connectivity index (χ4n) is 4.58. The second kappa shape index (κ2) is 9.48. The largest absolute Gasteiger partial charge is 0.460 e. The Morgan fingerprint density at radius 2 is 1.87 bits per heavy atom. The minimum absolute atomic E-state index is 0.107. The van der Waals surface area contributed by atoms with Crippen molar-refractivity contribution in [2.45, 2.75) is 45.4 Å². The molecule has 1 heterocycles. The minimum Gasteiger partial charge on any atom is -0.460 e. The summed E-state index contributed by atoms with van der Waals surface area (Å²) in [5, 5.41) is 5.48. The Morgan fingerprint density at radius 1 is 1.06 bits per heavy atom. The summed E-state index contributed by atoms with van der Waals surface area (Å²) in [6, 6.07) is 14.2. The summed E-state index contributed by atoms with van der Waals surface area (Å²) < 4.78 is 11.0. The first-order valence-electron chi connectivity index (χ1n) is 11.1. The molecular formula is C26H29NO4. The number of Topliss-reactive ketones (excluding diaryl/α,β-unsaturated/α-hetero) is 1. The summed E-state index contributed by atoms with van der Waals surface area (Å²) in [6.45, 7) is 5.13. The fraction of sp³-hybridized carbons (Fsp3) is 0.385. The van der Waals surface area contributed by atoms with E-state index in [1.54, 1.807) is 0 Å². The second-order valence-electron chi connectivity index (χ2n) is 8.08. The molecule has 0 radical (unpaired) electrons. The van der Waals surface area contributed by atoms with Crippen LogP contribution in [-0.2, 0) is 19.1 Å². The van der Waals surface area contributed by atoms with Crippen LogP contribution in [0, 0.1) is 0 Å². The molecular weight excluding hydrogens is 390 g/mol. The van der Waals surface area contributed by atoms with Gasteiger partial charge in [0, 0.05) is 35.9 Å². The predicted molar refractivity (Wildman–Crippen MR) is 120 cm³/mol. The first-order valence-corrected chi connectivity index (χ1v) is 11.1. The van der Waals surface area contributed by atoms with Crippen molar-refractivity contribution in [3.05, 3.63) is 70.6 Å². The van der Waals surface area contributed by atoms with Gasteiger partial charge in [0.15, 0.2) is 5.78 Å². The van der Waals surface area contributed by atoms with E-state index in [1.165, 1.54) is 0 Å². The first kappa shape index (κ1) is 21.3. The van der Waals surface area contributed by atoms with Crippen LogP contribution in [0.2, 0.25) is 0 Å². The maximum Gasteiger partial charge on any atom is 0.336 e. The zero-order chi connectivity index (χ0) is 21.8. The molecule has 2 aromatic rings. The van der Waals surface area contributed by atoms with E-state index in [4.69, 9.17) is 9.47 Å². The van der Waals surface area contributed by atoms with Crippen molar-refractivity contribution in [1.29, 1.82) is 0 Å². The summed E-state index contributed by atoms with van der Waals surface area (Å²) in [4.78, 5) is 26.3. The number of hydrogen-bond donors (Lipinski definition) is 1. The lowest BCUT2D eigenvalue weighted by Crippen LogP contribution is -2.34. The number of ketones is 1. The summed E-state index contributed by atoms with van der Waals surface area (Å²) >= 11 is 0. The molecule has 0 fully saturated rings. The van der Waals surface area contributed by atoms with Gasteiger partial charge in [0.2, 0.25) is 0 Å². The lowest BCUT2D eigenvalue weighted by molar-refractivity contribution is -0.141. The third-order valence-electron chi connectivity index (χ3n) is 5.94. The van der Waals surface area contributed by atoms with Crippen molar-refractivity contribution in [2.75, 3.05) is 19.8 Å². The molecule has 4 rings (SSSR count). The van der Waals surface area contributed by atoms with Gasteiger partial charge in [0.05, 0.1) is 12.2 Å². The zero-order valence-electron chi connectivity index (χ0n) is 18.2. The third kappa shape index (κ3) is 4.28. The number of dihydropyridines is 1. The number of benzene rings is 2. The molecule has 0 unspecified atom stereocenters. The normalized spacial score (nSPS) is 18.8. The second-order valence-corrected chi connectivity index (χ2v) is 8.08. The van der Waals surface area contributed by atoms with Crippen molar-refractivity contribution in [3.8, 4) is 0 Å². The van der Waals surface area contributed by atoms with Crippen LogP contribution in [0.25, 0.3) is 10.8 Å². The van der Waals surface area contributed by atoms with Crippen molar-refractivity contribution >= 4 is 22.5 Å². The van der Waals surface area contributed by atoms with Crippen LogP contribution >= 0.6 is 0 Å². The Hall–Kier alpha value is -2.92. The standard InChI is InChI=1S/C26H29NO4/c1-3-14-30-15-16-31-26(29)23-17(2)27-21-12-7-13-22(28)25(21)24(23)20-11-6-9-18-8-4-5-10-19(18)20/h4-6,8-11,24,27H,3,7,12-16H2,1-2H3/t24-/m1/s1. The molecule has 31 heavy (non-hydrogen) atoms. The highest BCUT2D eigenvalue weighted by atomic mass is 16.6. The van der Waals surface area contributed by atoms with Crippen LogP contribution in [0.4, 0.5) is 0 Å². The average molecular weight is 420 g/mol. The van der Waals surface area contributed by atoms with Gasteiger partial charge in [-0.2, -0.15) is 0 Å². The summed E-state index contributed by atoms with van der Waals surface area (Å²) in [7, 11) is 0. The Kier molecular flexibility index (Phi) is 6.52. The quantitative estimate of drug-likeness (QED) is 0.517. The van der Waals surface area contributed by atoms with Crippen LogP contribution in [0.3, 0.4) is 0 Å². The molecule has 1 aliphatic carbocycles. The molecule has 0 spiro atoms. The summed E-state index contributed by atoms with van der Waals surface area (Å²) in [5.41, 5.74) is 3.89. The van der Waals surface area contributed by atoms with Gasteiger partial charge in [-0.1, -0.05) is 49.4 Å². The Morgan fingerprint density at radius 3 is 2.71 bits per heavy atom. The SMILES string of the molecule is CCCOCCOC(=O)C1=C(C)NC2=C(C(=O)CCC2)[C@@H]1c1cccc2ccccc12. The molecule has 0 bridgehead atoms. The Bertz CT molecular complexity index is 1060. The van der Waals surface area contributed by atoms with Gasteiger partial charge >= 0.3 is 5.97 Å². The molecule has 0 amide bonds. The molecule has 5 heteroatoms. The maximum absolute atomic E-state index is 13.2. The van der Waals surface area contributed by atoms with E-state index >= 15 is 0 Å². The molecule has 162 valence electrons. The topological polar surface area (TPSA) is 64.6 Å². The van der Waals surface area contributed by atoms with E-state index in [1.807, 2.05) is 38.1 Å². The van der Waals surface area contributed by atoms with Crippen molar-refractivity contribution < 1.29 is 19.1 Å². The van der Waals surface area contributed by atoms with Gasteiger partial charge in [-0.05, 0) is 42.5 Å². The smallest absolute Gasteiger partial charge is 0.336 e. The summed E-state index contributed by atoms with van der Waals surface area (Å²) in [5.74, 6) is -0.720. The molecule has 0 saturated heterocycles. The van der Waals surface area contributed by atoms with Crippen molar-refractivity contribution in [2.24, 2.45) is 0 Å².